The molecule has 2 amide bonds. The van der Waals surface area contributed by atoms with Gasteiger partial charge >= 0.3 is 5.97 Å². The Hall–Kier alpha value is -2.27. The number of aliphatic hydroxyl groups is 11. The number of carbonyl (C=O) groups is 3. The molecule has 82 heavy (non-hydrogen) atoms. The van der Waals surface area contributed by atoms with Gasteiger partial charge in [0.05, 0.1) is 50.7 Å². The van der Waals surface area contributed by atoms with E-state index in [-0.39, 0.29) is 18.9 Å². The number of carboxylic acids is 1. The van der Waals surface area contributed by atoms with Crippen molar-refractivity contribution >= 4 is 17.8 Å². The molecular formula is C59H110N2O21. The van der Waals surface area contributed by atoms with Crippen molar-refractivity contribution in [3.63, 3.8) is 0 Å². The zero-order valence-electron chi connectivity index (χ0n) is 49.6. The van der Waals surface area contributed by atoms with E-state index in [2.05, 4.69) is 24.5 Å². The van der Waals surface area contributed by atoms with Gasteiger partial charge in [0, 0.05) is 19.8 Å². The van der Waals surface area contributed by atoms with Crippen LogP contribution >= 0.6 is 0 Å². The second-order valence-electron chi connectivity index (χ2n) is 23.3. The average molecular weight is 1180 g/mol. The predicted octanol–water partition coefficient (Wildman–Crippen LogP) is 3.39. The highest BCUT2D eigenvalue weighted by Gasteiger charge is 2.60. The van der Waals surface area contributed by atoms with E-state index in [4.69, 9.17) is 28.4 Å². The molecule has 0 bridgehead atoms. The Kier molecular flexibility index (Phi) is 37.7. The number of aliphatic hydroxyl groups excluding tert-OH is 11. The quantitative estimate of drug-likeness (QED) is 0.0388. The van der Waals surface area contributed by atoms with E-state index in [0.717, 1.165) is 51.9 Å². The third kappa shape index (κ3) is 25.6. The number of carboxylic acid groups (broad SMARTS) is 1. The van der Waals surface area contributed by atoms with Gasteiger partial charge in [0.2, 0.25) is 11.8 Å². The highest BCUT2D eigenvalue weighted by molar-refractivity contribution is 5.77. The van der Waals surface area contributed by atoms with Crippen LogP contribution in [0, 0.1) is 0 Å². The van der Waals surface area contributed by atoms with Gasteiger partial charge in [-0.05, 0) is 12.8 Å². The maximum Gasteiger partial charge on any atom is 0.364 e. The summed E-state index contributed by atoms with van der Waals surface area (Å²) in [6.45, 7) is 2.15. The van der Waals surface area contributed by atoms with Crippen molar-refractivity contribution in [1.82, 2.24) is 10.6 Å². The number of hydrogen-bond acceptors (Lipinski definition) is 20. The van der Waals surface area contributed by atoms with Crippen molar-refractivity contribution in [2.75, 3.05) is 26.4 Å². The molecule has 23 heteroatoms. The van der Waals surface area contributed by atoms with Gasteiger partial charge in [0.15, 0.2) is 12.6 Å². The second-order valence-corrected chi connectivity index (χ2v) is 23.3. The van der Waals surface area contributed by atoms with Gasteiger partial charge in [0.1, 0.15) is 67.1 Å². The lowest BCUT2D eigenvalue weighted by Gasteiger charge is -2.50. The van der Waals surface area contributed by atoms with Crippen LogP contribution in [-0.4, -0.2) is 215 Å². The Balaban J connectivity index is 1.61. The van der Waals surface area contributed by atoms with Gasteiger partial charge in [-0.2, -0.15) is 0 Å². The number of aliphatic carboxylic acids is 1. The lowest BCUT2D eigenvalue weighted by molar-refractivity contribution is -0.386. The smallest absolute Gasteiger partial charge is 0.364 e. The summed E-state index contributed by atoms with van der Waals surface area (Å²) in [4.78, 5) is 38.4. The van der Waals surface area contributed by atoms with Crippen LogP contribution < -0.4 is 10.6 Å². The number of carbonyl (C=O) groups excluding carboxylic acids is 2. The molecule has 0 aromatic rings. The number of rotatable bonds is 46. The monoisotopic (exact) mass is 1180 g/mol. The van der Waals surface area contributed by atoms with Crippen LogP contribution in [0.3, 0.4) is 0 Å². The van der Waals surface area contributed by atoms with Crippen molar-refractivity contribution in [2.45, 2.75) is 330 Å². The Morgan fingerprint density at radius 3 is 1.52 bits per heavy atom. The molecule has 0 spiro atoms. The first-order valence-electron chi connectivity index (χ1n) is 31.4. The van der Waals surface area contributed by atoms with Crippen molar-refractivity contribution < 1.29 is 104 Å². The summed E-state index contributed by atoms with van der Waals surface area (Å²) in [5.41, 5.74) is 0. The van der Waals surface area contributed by atoms with Crippen molar-refractivity contribution in [3.05, 3.63) is 0 Å². The topological polar surface area (TPSA) is 373 Å². The lowest BCUT2D eigenvalue weighted by atomic mass is 9.88. The summed E-state index contributed by atoms with van der Waals surface area (Å²) in [6, 6.07) is -2.52. The van der Waals surface area contributed by atoms with Gasteiger partial charge in [-0.25, -0.2) is 4.79 Å². The third-order valence-electron chi connectivity index (χ3n) is 16.3. The van der Waals surface area contributed by atoms with E-state index < -0.39 is 148 Å². The highest BCUT2D eigenvalue weighted by Crippen LogP contribution is 2.38. The van der Waals surface area contributed by atoms with Crippen molar-refractivity contribution in [3.8, 4) is 0 Å². The zero-order chi connectivity index (χ0) is 60.5. The van der Waals surface area contributed by atoms with Gasteiger partial charge in [-0.15, -0.1) is 0 Å². The lowest BCUT2D eigenvalue weighted by Crippen LogP contribution is -2.70. The molecule has 18 atom stereocenters. The number of ether oxygens (including phenoxy) is 6. The average Bonchev–Trinajstić information content (AvgIpc) is 3.65. The SMILES string of the molecule is CCCCCCCCCCCCCCCCCCCCCC(=O)NC(COC1OC(CO)C(OC2OC(CO)C(O)C(OC3(C(=O)O)CC(O)C(NC(C)=O)C(C(O)C(O)CO)O3)C2O)C(O)C1O)C(O)CCCCCCCCCCC. The summed E-state index contributed by atoms with van der Waals surface area (Å²) < 4.78 is 34.7. The minimum Gasteiger partial charge on any atom is -0.477 e. The molecule has 0 aromatic heterocycles. The summed E-state index contributed by atoms with van der Waals surface area (Å²) in [7, 11) is 0. The number of nitrogens with one attached hydrogen (secondary N) is 2. The first-order valence-corrected chi connectivity index (χ1v) is 31.4. The maximum absolute atomic E-state index is 13.4. The minimum atomic E-state index is -3.07. The normalized spacial score (nSPS) is 30.1. The van der Waals surface area contributed by atoms with Crippen LogP contribution in [-0.2, 0) is 42.8 Å². The molecule has 482 valence electrons. The van der Waals surface area contributed by atoms with E-state index in [0.29, 0.717) is 19.3 Å². The first-order chi connectivity index (χ1) is 39.4. The zero-order valence-corrected chi connectivity index (χ0v) is 49.6. The molecule has 3 aliphatic heterocycles. The van der Waals surface area contributed by atoms with E-state index in [1.54, 1.807) is 0 Å². The molecule has 0 aromatic carbocycles. The summed E-state index contributed by atoms with van der Waals surface area (Å²) in [5.74, 6) is -6.10. The standard InChI is InChI=1S/C59H110N2O21/c1-4-6-8-10-12-14-15-16-17-18-19-20-21-22-23-25-27-29-31-33-46(69)61-40(41(66)32-30-28-26-24-13-11-9-7-5-2)38-77-56-51(73)50(72)53(45(37-64)79-56)80-57-52(74)55(49(71)44(36-63)78-57)82-59(58(75)76)34-42(67)47(60-39(3)65)54(81-59)48(70)43(68)35-62/h40-45,47-57,62-64,66-68,70-74H,4-38H2,1-3H3,(H,60,65)(H,61,69)(H,75,76). The summed E-state index contributed by atoms with van der Waals surface area (Å²) >= 11 is 0. The number of hydrogen-bond donors (Lipinski definition) is 14. The van der Waals surface area contributed by atoms with Gasteiger partial charge in [0.25, 0.3) is 5.79 Å². The van der Waals surface area contributed by atoms with E-state index in [1.807, 2.05) is 0 Å². The number of unbranched alkanes of at least 4 members (excludes halogenated alkanes) is 26. The van der Waals surface area contributed by atoms with Crippen LogP contribution in [0.15, 0.2) is 0 Å². The molecule has 3 rings (SSSR count). The molecular weight excluding hydrogens is 1070 g/mol. The summed E-state index contributed by atoms with van der Waals surface area (Å²) in [6.07, 6.45) is 4.36. The largest absolute Gasteiger partial charge is 0.477 e. The van der Waals surface area contributed by atoms with E-state index in [1.165, 1.54) is 122 Å². The fraction of sp³-hybridized carbons (Fsp3) is 0.949. The summed E-state index contributed by atoms with van der Waals surface area (Å²) in [5, 5.41) is 135. The van der Waals surface area contributed by atoms with Crippen LogP contribution in [0.25, 0.3) is 0 Å². The predicted molar refractivity (Wildman–Crippen MR) is 302 cm³/mol. The van der Waals surface area contributed by atoms with Crippen LogP contribution in [0.2, 0.25) is 0 Å². The molecule has 0 saturated carbocycles. The van der Waals surface area contributed by atoms with E-state index in [9.17, 15) is 75.7 Å². The van der Waals surface area contributed by atoms with Gasteiger partial charge in [-0.1, -0.05) is 187 Å². The fourth-order valence-electron chi connectivity index (χ4n) is 11.2. The van der Waals surface area contributed by atoms with Crippen molar-refractivity contribution in [1.29, 1.82) is 0 Å². The molecule has 3 fully saturated rings. The van der Waals surface area contributed by atoms with Crippen LogP contribution in [0.1, 0.15) is 220 Å². The maximum atomic E-state index is 13.4. The number of amides is 2. The molecule has 3 saturated heterocycles. The minimum absolute atomic E-state index is 0.228. The van der Waals surface area contributed by atoms with Gasteiger partial charge < -0.3 is 100 Å². The molecule has 3 heterocycles. The molecule has 0 aliphatic carbocycles. The highest BCUT2D eigenvalue weighted by atomic mass is 16.8. The Bertz CT molecular complexity index is 1690. The molecule has 23 nitrogen and oxygen atoms in total. The van der Waals surface area contributed by atoms with Crippen LogP contribution in [0.5, 0.6) is 0 Å². The third-order valence-corrected chi connectivity index (χ3v) is 16.3. The Morgan fingerprint density at radius 1 is 0.585 bits per heavy atom. The molecule has 18 unspecified atom stereocenters. The second kappa shape index (κ2) is 41.8. The van der Waals surface area contributed by atoms with Crippen LogP contribution in [0.4, 0.5) is 0 Å². The first kappa shape index (κ1) is 74.0. The fourth-order valence-corrected chi connectivity index (χ4v) is 11.2. The molecule has 0 radical (unpaired) electrons. The molecule has 3 aliphatic rings. The molecule has 14 N–H and O–H groups in total. The van der Waals surface area contributed by atoms with Gasteiger partial charge in [-0.3, -0.25) is 9.59 Å². The Morgan fingerprint density at radius 2 is 1.06 bits per heavy atom. The Labute approximate surface area is 487 Å². The van der Waals surface area contributed by atoms with E-state index >= 15 is 0 Å². The van der Waals surface area contributed by atoms with Crippen molar-refractivity contribution in [2.24, 2.45) is 0 Å².